The average Bonchev–Trinajstić information content (AvgIpc) is 3.22. The molecule has 2 heterocycles. The molecule has 2 fully saturated rings. The second kappa shape index (κ2) is 9.16. The first-order valence-corrected chi connectivity index (χ1v) is 10.6. The zero-order valence-corrected chi connectivity index (χ0v) is 18.3. The summed E-state index contributed by atoms with van der Waals surface area (Å²) in [7, 11) is 1.33. The maximum atomic E-state index is 12.8. The summed E-state index contributed by atoms with van der Waals surface area (Å²) in [5.41, 5.74) is 0.555. The molecule has 3 rings (SSSR count). The molecule has 1 amide bonds. The molecule has 0 N–H and O–H groups in total. The molecule has 7 heteroatoms. The van der Waals surface area contributed by atoms with Crippen LogP contribution >= 0.6 is 0 Å². The van der Waals surface area contributed by atoms with Gasteiger partial charge in [-0.3, -0.25) is 14.5 Å². The van der Waals surface area contributed by atoms with Crippen molar-refractivity contribution in [3.05, 3.63) is 35.4 Å². The molecule has 0 saturated carbocycles. The van der Waals surface area contributed by atoms with Gasteiger partial charge in [-0.25, -0.2) is 4.79 Å². The summed E-state index contributed by atoms with van der Waals surface area (Å²) in [6.07, 6.45) is 2.63. The molecule has 2 aliphatic rings. The van der Waals surface area contributed by atoms with Crippen molar-refractivity contribution >= 4 is 17.8 Å². The molecule has 0 radical (unpaired) electrons. The van der Waals surface area contributed by atoms with Gasteiger partial charge < -0.3 is 14.4 Å². The second-order valence-corrected chi connectivity index (χ2v) is 9.11. The summed E-state index contributed by atoms with van der Waals surface area (Å²) in [5, 5.41) is 0. The summed E-state index contributed by atoms with van der Waals surface area (Å²) in [6, 6.07) is 6.97. The van der Waals surface area contributed by atoms with Crippen molar-refractivity contribution in [3.63, 3.8) is 0 Å². The number of carbonyl (C=O) groups is 3. The number of piperidine rings is 1. The van der Waals surface area contributed by atoms with E-state index in [-0.39, 0.29) is 17.8 Å². The highest BCUT2D eigenvalue weighted by atomic mass is 16.6. The Hall–Kier alpha value is -2.41. The van der Waals surface area contributed by atoms with Crippen LogP contribution in [0.1, 0.15) is 60.7 Å². The van der Waals surface area contributed by atoms with E-state index in [2.05, 4.69) is 4.90 Å². The van der Waals surface area contributed by atoms with E-state index in [1.165, 1.54) is 7.11 Å². The number of nitrogens with zero attached hydrogens (tertiary/aromatic N) is 2. The van der Waals surface area contributed by atoms with Crippen LogP contribution in [0.4, 0.5) is 0 Å². The van der Waals surface area contributed by atoms with E-state index < -0.39 is 11.6 Å². The number of benzene rings is 1. The van der Waals surface area contributed by atoms with E-state index >= 15 is 0 Å². The van der Waals surface area contributed by atoms with E-state index in [4.69, 9.17) is 9.47 Å². The number of rotatable bonds is 4. The smallest absolute Gasteiger partial charge is 0.337 e. The van der Waals surface area contributed by atoms with Gasteiger partial charge in [0.2, 0.25) is 0 Å². The van der Waals surface area contributed by atoms with Crippen LogP contribution in [-0.4, -0.2) is 72.6 Å². The molecule has 0 aliphatic carbocycles. The molecule has 164 valence electrons. The van der Waals surface area contributed by atoms with Crippen molar-refractivity contribution in [1.29, 1.82) is 0 Å². The molecule has 7 nitrogen and oxygen atoms in total. The number of esters is 2. The van der Waals surface area contributed by atoms with Gasteiger partial charge in [0.05, 0.1) is 18.6 Å². The van der Waals surface area contributed by atoms with Gasteiger partial charge >= 0.3 is 11.9 Å². The zero-order chi connectivity index (χ0) is 21.9. The predicted molar refractivity (Wildman–Crippen MR) is 112 cm³/mol. The van der Waals surface area contributed by atoms with E-state index in [1.54, 1.807) is 24.3 Å². The number of ether oxygens (including phenoxy) is 2. The Bertz CT molecular complexity index is 776. The minimum Gasteiger partial charge on any atom is -0.465 e. The topological polar surface area (TPSA) is 76.2 Å². The van der Waals surface area contributed by atoms with Gasteiger partial charge in [-0.05, 0) is 70.8 Å². The Labute approximate surface area is 178 Å². The van der Waals surface area contributed by atoms with Crippen LogP contribution in [0.5, 0.6) is 0 Å². The lowest BCUT2D eigenvalue weighted by molar-refractivity contribution is -0.159. The van der Waals surface area contributed by atoms with E-state index in [1.807, 2.05) is 25.7 Å². The van der Waals surface area contributed by atoms with Crippen LogP contribution in [0.15, 0.2) is 24.3 Å². The van der Waals surface area contributed by atoms with E-state index in [0.717, 1.165) is 32.4 Å². The fraction of sp³-hybridized carbons (Fsp3) is 0.609. The molecule has 2 saturated heterocycles. The van der Waals surface area contributed by atoms with E-state index in [0.29, 0.717) is 30.3 Å². The van der Waals surface area contributed by atoms with Crippen molar-refractivity contribution in [2.75, 3.05) is 33.3 Å². The zero-order valence-electron chi connectivity index (χ0n) is 18.3. The van der Waals surface area contributed by atoms with Gasteiger partial charge in [0.25, 0.3) is 5.91 Å². The third-order valence-electron chi connectivity index (χ3n) is 5.78. The number of hydrogen-bond donors (Lipinski definition) is 0. The van der Waals surface area contributed by atoms with Gasteiger partial charge in [-0.2, -0.15) is 0 Å². The maximum Gasteiger partial charge on any atom is 0.337 e. The van der Waals surface area contributed by atoms with Crippen molar-refractivity contribution in [1.82, 2.24) is 9.80 Å². The molecule has 1 atom stereocenters. The van der Waals surface area contributed by atoms with Crippen LogP contribution in [-0.2, 0) is 14.3 Å². The van der Waals surface area contributed by atoms with Gasteiger partial charge in [0, 0.05) is 31.2 Å². The first-order valence-electron chi connectivity index (χ1n) is 10.6. The van der Waals surface area contributed by atoms with Crippen molar-refractivity contribution < 1.29 is 23.9 Å². The Morgan fingerprint density at radius 3 is 2.10 bits per heavy atom. The number of methoxy groups -OCH3 is 1. The van der Waals surface area contributed by atoms with Crippen molar-refractivity contribution in [3.8, 4) is 0 Å². The fourth-order valence-corrected chi connectivity index (χ4v) is 4.18. The maximum absolute atomic E-state index is 12.8. The number of amides is 1. The van der Waals surface area contributed by atoms with Crippen LogP contribution in [0.3, 0.4) is 0 Å². The summed E-state index contributed by atoms with van der Waals surface area (Å²) >= 11 is 0. The van der Waals surface area contributed by atoms with Crippen LogP contribution in [0.2, 0.25) is 0 Å². The third kappa shape index (κ3) is 5.39. The highest BCUT2D eigenvalue weighted by molar-refractivity contribution is 5.96. The first kappa shape index (κ1) is 22.3. The van der Waals surface area contributed by atoms with Gasteiger partial charge in [-0.1, -0.05) is 0 Å². The van der Waals surface area contributed by atoms with Crippen LogP contribution < -0.4 is 0 Å². The third-order valence-corrected chi connectivity index (χ3v) is 5.78. The highest BCUT2D eigenvalue weighted by Crippen LogP contribution is 2.27. The molecule has 1 aromatic rings. The molecule has 0 bridgehead atoms. The summed E-state index contributed by atoms with van der Waals surface area (Å²) < 4.78 is 10.2. The quantitative estimate of drug-likeness (QED) is 0.703. The van der Waals surface area contributed by atoms with Crippen molar-refractivity contribution in [2.45, 2.75) is 51.7 Å². The first-order chi connectivity index (χ1) is 14.2. The van der Waals surface area contributed by atoms with Gasteiger partial charge in [-0.15, -0.1) is 0 Å². The molecular weight excluding hydrogens is 384 g/mol. The Morgan fingerprint density at radius 1 is 0.933 bits per heavy atom. The minimum atomic E-state index is -0.453. The number of hydrogen-bond acceptors (Lipinski definition) is 6. The molecule has 2 aliphatic heterocycles. The lowest BCUT2D eigenvalue weighted by atomic mass is 10.0. The Kier molecular flexibility index (Phi) is 6.81. The summed E-state index contributed by atoms with van der Waals surface area (Å²) in [6.45, 7) is 8.71. The standard InChI is InChI=1S/C23H32N2O5/c1-23(2,3)30-22(28)18-9-12-25(15-18)19-10-13-24(14-11-19)20(26)16-5-7-17(8-6-16)21(27)29-4/h5-8,18-19H,9-15H2,1-4H3/t18-/m1/s1. The molecular formula is C23H32N2O5. The SMILES string of the molecule is COC(=O)c1ccc(C(=O)N2CCC(N3CC[C@@H](C(=O)OC(C)(C)C)C3)CC2)cc1. The summed E-state index contributed by atoms with van der Waals surface area (Å²) in [5.74, 6) is -0.590. The second-order valence-electron chi connectivity index (χ2n) is 9.11. The monoisotopic (exact) mass is 416 g/mol. The average molecular weight is 417 g/mol. The predicted octanol–water partition coefficient (Wildman–Crippen LogP) is 2.74. The minimum absolute atomic E-state index is 0.0158. The number of likely N-dealkylation sites (tertiary alicyclic amines) is 2. The molecule has 30 heavy (non-hydrogen) atoms. The molecule has 0 aromatic heterocycles. The van der Waals surface area contributed by atoms with Gasteiger partial charge in [0.15, 0.2) is 0 Å². The van der Waals surface area contributed by atoms with Crippen LogP contribution in [0.25, 0.3) is 0 Å². The Morgan fingerprint density at radius 2 is 1.53 bits per heavy atom. The highest BCUT2D eigenvalue weighted by Gasteiger charge is 2.36. The molecule has 0 unspecified atom stereocenters. The van der Waals surface area contributed by atoms with Crippen LogP contribution in [0, 0.1) is 5.92 Å². The fourth-order valence-electron chi connectivity index (χ4n) is 4.18. The lowest BCUT2D eigenvalue weighted by Gasteiger charge is -2.36. The Balaban J connectivity index is 1.49. The van der Waals surface area contributed by atoms with Gasteiger partial charge in [0.1, 0.15) is 5.60 Å². The van der Waals surface area contributed by atoms with Crippen molar-refractivity contribution in [2.24, 2.45) is 5.92 Å². The largest absolute Gasteiger partial charge is 0.465 e. The number of carbonyl (C=O) groups excluding carboxylic acids is 3. The summed E-state index contributed by atoms with van der Waals surface area (Å²) in [4.78, 5) is 40.9. The van der Waals surface area contributed by atoms with E-state index in [9.17, 15) is 14.4 Å². The molecule has 0 spiro atoms. The normalized spacial score (nSPS) is 20.8. The molecule has 1 aromatic carbocycles. The lowest BCUT2D eigenvalue weighted by Crippen LogP contribution is -2.46.